The van der Waals surface area contributed by atoms with Gasteiger partial charge in [0.05, 0.1) is 14.2 Å². The lowest BCUT2D eigenvalue weighted by molar-refractivity contribution is 0.395. The maximum atomic E-state index is 6.12. The Hall–Kier alpha value is -1.72. The summed E-state index contributed by atoms with van der Waals surface area (Å²) in [7, 11) is 3.08. The highest BCUT2D eigenvalue weighted by Gasteiger charge is 2.11. The highest BCUT2D eigenvalue weighted by atomic mass is 35.5. The zero-order valence-corrected chi connectivity index (χ0v) is 12.7. The summed E-state index contributed by atoms with van der Waals surface area (Å²) in [5, 5.41) is 3.72. The average molecular weight is 314 g/mol. The Morgan fingerprint density at radius 1 is 1.10 bits per heavy atom. The van der Waals surface area contributed by atoms with Crippen molar-refractivity contribution in [1.82, 2.24) is 9.97 Å². The topological polar surface area (TPSA) is 56.3 Å². The van der Waals surface area contributed by atoms with E-state index in [1.54, 1.807) is 18.3 Å². The van der Waals surface area contributed by atoms with E-state index in [4.69, 9.17) is 32.7 Å². The summed E-state index contributed by atoms with van der Waals surface area (Å²) in [5.41, 5.74) is 1.59. The molecule has 0 amide bonds. The molecule has 0 atom stereocenters. The molecule has 1 heterocycles. The van der Waals surface area contributed by atoms with E-state index in [9.17, 15) is 0 Å². The number of nitrogens with zero attached hydrogens (tertiary/aromatic N) is 2. The van der Waals surface area contributed by atoms with Gasteiger partial charge < -0.3 is 14.8 Å². The first-order valence-electron chi connectivity index (χ1n) is 5.73. The van der Waals surface area contributed by atoms with Crippen molar-refractivity contribution in [3.63, 3.8) is 0 Å². The van der Waals surface area contributed by atoms with Gasteiger partial charge in [-0.1, -0.05) is 11.6 Å². The fraction of sp³-hybridized carbons (Fsp3) is 0.231. The lowest BCUT2D eigenvalue weighted by Crippen LogP contribution is -1.99. The van der Waals surface area contributed by atoms with Crippen LogP contribution >= 0.6 is 23.2 Å². The number of aryl methyl sites for hydroxylation is 1. The van der Waals surface area contributed by atoms with Crippen LogP contribution < -0.4 is 14.8 Å². The van der Waals surface area contributed by atoms with E-state index in [1.165, 1.54) is 14.2 Å². The fourth-order valence-electron chi connectivity index (χ4n) is 1.63. The van der Waals surface area contributed by atoms with Crippen LogP contribution in [0.4, 0.5) is 11.5 Å². The summed E-state index contributed by atoms with van der Waals surface area (Å²) < 4.78 is 10.4. The third-order valence-corrected chi connectivity index (χ3v) is 3.21. The highest BCUT2D eigenvalue weighted by molar-refractivity contribution is 6.33. The molecule has 0 unspecified atom stereocenters. The largest absolute Gasteiger partial charge is 0.495 e. The molecule has 0 bridgehead atoms. The monoisotopic (exact) mass is 313 g/mol. The van der Waals surface area contributed by atoms with E-state index in [2.05, 4.69) is 15.3 Å². The van der Waals surface area contributed by atoms with Gasteiger partial charge in [-0.3, -0.25) is 0 Å². The summed E-state index contributed by atoms with van der Waals surface area (Å²) in [6, 6.07) is 3.50. The zero-order chi connectivity index (χ0) is 14.7. The van der Waals surface area contributed by atoms with Gasteiger partial charge in [-0.2, -0.15) is 0 Å². The molecule has 20 heavy (non-hydrogen) atoms. The van der Waals surface area contributed by atoms with Crippen LogP contribution in [-0.2, 0) is 0 Å². The molecular formula is C13H13Cl2N3O2. The molecule has 0 saturated carbocycles. The van der Waals surface area contributed by atoms with E-state index in [0.717, 1.165) is 11.3 Å². The number of ether oxygens (including phenoxy) is 2. The number of aromatic nitrogens is 2. The maximum absolute atomic E-state index is 6.12. The summed E-state index contributed by atoms with van der Waals surface area (Å²) in [5.74, 6) is 1.62. The number of hydrogen-bond acceptors (Lipinski definition) is 5. The minimum atomic E-state index is 0.172. The number of hydrogen-bond donors (Lipinski definition) is 1. The lowest BCUT2D eigenvalue weighted by Gasteiger charge is -2.13. The second-order valence-electron chi connectivity index (χ2n) is 3.99. The van der Waals surface area contributed by atoms with Crippen LogP contribution in [0.25, 0.3) is 0 Å². The van der Waals surface area contributed by atoms with Crippen molar-refractivity contribution in [3.8, 4) is 11.5 Å². The molecule has 106 valence electrons. The summed E-state index contributed by atoms with van der Waals surface area (Å²) in [4.78, 5) is 8.04. The molecular weight excluding hydrogens is 301 g/mol. The predicted molar refractivity (Wildman–Crippen MR) is 79.6 cm³/mol. The standard InChI is InChI=1S/C13H13Cl2N3O2/c1-7-6-16-13(15)18-12(7)17-8-4-9(19-2)11(14)10(5-8)20-3/h4-6H,1-3H3,(H,16,17,18). The Balaban J connectivity index is 2.40. The van der Waals surface area contributed by atoms with Crippen LogP contribution in [-0.4, -0.2) is 24.2 Å². The number of rotatable bonds is 4. The molecule has 0 fully saturated rings. The van der Waals surface area contributed by atoms with Crippen molar-refractivity contribution in [2.24, 2.45) is 0 Å². The second-order valence-corrected chi connectivity index (χ2v) is 4.71. The van der Waals surface area contributed by atoms with E-state index < -0.39 is 0 Å². The van der Waals surface area contributed by atoms with Gasteiger partial charge >= 0.3 is 0 Å². The second kappa shape index (κ2) is 6.15. The lowest BCUT2D eigenvalue weighted by atomic mass is 10.2. The van der Waals surface area contributed by atoms with Crippen molar-refractivity contribution in [2.75, 3.05) is 19.5 Å². The molecule has 0 saturated heterocycles. The molecule has 1 aromatic carbocycles. The summed E-state index contributed by atoms with van der Waals surface area (Å²) >= 11 is 11.9. The first kappa shape index (κ1) is 14.7. The van der Waals surface area contributed by atoms with Gasteiger partial charge in [-0.05, 0) is 18.5 Å². The molecule has 5 nitrogen and oxygen atoms in total. The molecule has 2 rings (SSSR count). The highest BCUT2D eigenvalue weighted by Crippen LogP contribution is 2.38. The normalized spacial score (nSPS) is 10.2. The quantitative estimate of drug-likeness (QED) is 0.869. The maximum Gasteiger partial charge on any atom is 0.224 e. The Morgan fingerprint density at radius 3 is 2.25 bits per heavy atom. The molecule has 0 spiro atoms. The van der Waals surface area contributed by atoms with Gasteiger partial charge in [0.15, 0.2) is 0 Å². The SMILES string of the molecule is COc1cc(Nc2nc(Cl)ncc2C)cc(OC)c1Cl. The van der Waals surface area contributed by atoms with Crippen LogP contribution in [0.1, 0.15) is 5.56 Å². The molecule has 2 aromatic rings. The molecule has 0 aliphatic heterocycles. The van der Waals surface area contributed by atoms with E-state index in [1.807, 2.05) is 6.92 Å². The number of anilines is 2. The van der Waals surface area contributed by atoms with Crippen LogP contribution in [0.2, 0.25) is 10.3 Å². The first-order valence-corrected chi connectivity index (χ1v) is 6.48. The Morgan fingerprint density at radius 2 is 1.70 bits per heavy atom. The Bertz CT molecular complexity index is 610. The first-order chi connectivity index (χ1) is 9.55. The molecule has 1 N–H and O–H groups in total. The van der Waals surface area contributed by atoms with E-state index in [0.29, 0.717) is 22.3 Å². The van der Waals surface area contributed by atoms with Crippen LogP contribution in [0, 0.1) is 6.92 Å². The molecule has 0 aliphatic rings. The summed E-state index contributed by atoms with van der Waals surface area (Å²) in [6.07, 6.45) is 1.64. The zero-order valence-electron chi connectivity index (χ0n) is 11.2. The van der Waals surface area contributed by atoms with Gasteiger partial charge in [0, 0.05) is 29.6 Å². The third-order valence-electron chi connectivity index (χ3n) is 2.65. The van der Waals surface area contributed by atoms with Crippen LogP contribution in [0.15, 0.2) is 18.3 Å². The Labute approximate surface area is 126 Å². The van der Waals surface area contributed by atoms with Gasteiger partial charge in [-0.25, -0.2) is 9.97 Å². The number of nitrogens with one attached hydrogen (secondary N) is 1. The molecule has 0 aliphatic carbocycles. The van der Waals surface area contributed by atoms with Gasteiger partial charge in [-0.15, -0.1) is 0 Å². The van der Waals surface area contributed by atoms with Crippen molar-refractivity contribution < 1.29 is 9.47 Å². The molecule has 1 aromatic heterocycles. The van der Waals surface area contributed by atoms with E-state index >= 15 is 0 Å². The van der Waals surface area contributed by atoms with Gasteiger partial charge in [0.2, 0.25) is 5.28 Å². The predicted octanol–water partition coefficient (Wildman–Crippen LogP) is 3.85. The van der Waals surface area contributed by atoms with Gasteiger partial charge in [0.1, 0.15) is 22.3 Å². The smallest absolute Gasteiger partial charge is 0.224 e. The van der Waals surface area contributed by atoms with Crippen molar-refractivity contribution in [1.29, 1.82) is 0 Å². The van der Waals surface area contributed by atoms with Crippen molar-refractivity contribution in [3.05, 3.63) is 34.2 Å². The minimum Gasteiger partial charge on any atom is -0.495 e. The number of methoxy groups -OCH3 is 2. The van der Waals surface area contributed by atoms with Crippen molar-refractivity contribution >= 4 is 34.7 Å². The minimum absolute atomic E-state index is 0.172. The Kier molecular flexibility index (Phi) is 4.52. The molecule has 7 heteroatoms. The van der Waals surface area contributed by atoms with Crippen LogP contribution in [0.3, 0.4) is 0 Å². The average Bonchev–Trinajstić information content (AvgIpc) is 2.44. The van der Waals surface area contributed by atoms with Crippen molar-refractivity contribution in [2.45, 2.75) is 6.92 Å². The van der Waals surface area contributed by atoms with Crippen LogP contribution in [0.5, 0.6) is 11.5 Å². The summed E-state index contributed by atoms with van der Waals surface area (Å²) in [6.45, 7) is 1.88. The van der Waals surface area contributed by atoms with E-state index in [-0.39, 0.29) is 5.28 Å². The van der Waals surface area contributed by atoms with Gasteiger partial charge in [0.25, 0.3) is 0 Å². The number of halogens is 2. The third kappa shape index (κ3) is 3.05. The number of benzene rings is 1. The molecule has 0 radical (unpaired) electrons. The fourth-order valence-corrected chi connectivity index (χ4v) is 2.02.